The van der Waals surface area contributed by atoms with Crippen LogP contribution >= 0.6 is 11.3 Å². The van der Waals surface area contributed by atoms with E-state index in [0.717, 1.165) is 29.5 Å². The van der Waals surface area contributed by atoms with Crippen molar-refractivity contribution in [3.8, 4) is 6.07 Å². The van der Waals surface area contributed by atoms with Crippen LogP contribution in [0.3, 0.4) is 0 Å². The summed E-state index contributed by atoms with van der Waals surface area (Å²) in [6.45, 7) is 0. The second-order valence-electron chi connectivity index (χ2n) is 5.05. The number of alkyl halides is 3. The highest BCUT2D eigenvalue weighted by molar-refractivity contribution is 7.19. The third kappa shape index (κ3) is 3.32. The molecule has 0 fully saturated rings. The van der Waals surface area contributed by atoms with Crippen molar-refractivity contribution in [3.05, 3.63) is 64.4 Å². The minimum Gasteiger partial charge on any atom is -0.506 e. The van der Waals surface area contributed by atoms with Gasteiger partial charge < -0.3 is 5.11 Å². The van der Waals surface area contributed by atoms with Gasteiger partial charge in [-0.15, -0.1) is 11.3 Å². The minimum absolute atomic E-state index is 0.0542. The average Bonchev–Trinajstić information content (AvgIpc) is 2.97. The van der Waals surface area contributed by atoms with Gasteiger partial charge in [-0.3, -0.25) is 0 Å². The lowest BCUT2D eigenvalue weighted by Gasteiger charge is -2.04. The van der Waals surface area contributed by atoms with E-state index >= 15 is 0 Å². The zero-order valence-corrected chi connectivity index (χ0v) is 13.1. The van der Waals surface area contributed by atoms with Crippen LogP contribution in [0.15, 0.2) is 42.5 Å². The number of halogens is 4. The van der Waals surface area contributed by atoms with Crippen LogP contribution in [0.5, 0.6) is 0 Å². The van der Waals surface area contributed by atoms with Crippen molar-refractivity contribution in [2.45, 2.75) is 6.18 Å². The first-order valence-electron chi connectivity index (χ1n) is 6.87. The van der Waals surface area contributed by atoms with Crippen molar-refractivity contribution < 1.29 is 22.7 Å². The Kier molecular flexibility index (Phi) is 4.18. The highest BCUT2D eigenvalue weighted by atomic mass is 32.1. The summed E-state index contributed by atoms with van der Waals surface area (Å²) in [4.78, 5) is 4.01. The van der Waals surface area contributed by atoms with E-state index in [1.807, 2.05) is 0 Å². The van der Waals surface area contributed by atoms with Crippen molar-refractivity contribution in [1.29, 1.82) is 5.26 Å². The number of aromatic nitrogens is 1. The van der Waals surface area contributed by atoms with E-state index in [2.05, 4.69) is 4.98 Å². The summed E-state index contributed by atoms with van der Waals surface area (Å²) in [6, 6.07) is 9.83. The molecular weight excluding hydrogens is 356 g/mol. The van der Waals surface area contributed by atoms with Crippen LogP contribution in [0.25, 0.3) is 21.5 Å². The van der Waals surface area contributed by atoms with E-state index in [1.165, 1.54) is 24.3 Å². The smallest absolute Gasteiger partial charge is 0.416 e. The Morgan fingerprint density at radius 2 is 1.92 bits per heavy atom. The van der Waals surface area contributed by atoms with Crippen molar-refractivity contribution in [2.75, 3.05) is 0 Å². The molecule has 1 aromatic heterocycles. The van der Waals surface area contributed by atoms with Gasteiger partial charge in [-0.25, -0.2) is 9.37 Å². The number of allylic oxidation sites excluding steroid dienone is 1. The Balaban J connectivity index is 2.13. The summed E-state index contributed by atoms with van der Waals surface area (Å²) < 4.78 is 52.0. The molecule has 8 heteroatoms. The molecule has 126 valence electrons. The maximum atomic E-state index is 13.3. The number of nitriles is 1. The van der Waals surface area contributed by atoms with Gasteiger partial charge in [0, 0.05) is 5.56 Å². The molecule has 0 aliphatic heterocycles. The highest BCUT2D eigenvalue weighted by Gasteiger charge is 2.31. The van der Waals surface area contributed by atoms with E-state index in [0.29, 0.717) is 4.70 Å². The molecule has 0 bridgehead atoms. The molecule has 0 saturated carbocycles. The lowest BCUT2D eigenvalue weighted by atomic mass is 10.1. The fourth-order valence-electron chi connectivity index (χ4n) is 2.19. The van der Waals surface area contributed by atoms with Crippen molar-refractivity contribution in [1.82, 2.24) is 4.98 Å². The topological polar surface area (TPSA) is 56.9 Å². The quantitative estimate of drug-likeness (QED) is 0.376. The van der Waals surface area contributed by atoms with Gasteiger partial charge in [-0.2, -0.15) is 18.4 Å². The predicted octanol–water partition coefficient (Wildman–Crippen LogP) is 5.40. The summed E-state index contributed by atoms with van der Waals surface area (Å²) in [5.74, 6) is -1.09. The van der Waals surface area contributed by atoms with Gasteiger partial charge in [-0.1, -0.05) is 12.1 Å². The predicted molar refractivity (Wildman–Crippen MR) is 86.1 cm³/mol. The zero-order valence-electron chi connectivity index (χ0n) is 12.3. The number of rotatable bonds is 2. The fraction of sp³-hybridized carbons (Fsp3) is 0.0588. The first-order valence-corrected chi connectivity index (χ1v) is 7.68. The molecule has 1 N–H and O–H groups in total. The van der Waals surface area contributed by atoms with Crippen molar-refractivity contribution in [2.24, 2.45) is 0 Å². The standard InChI is InChI=1S/C17H8F4N2OS/c18-11-3-1-2-9(6-11)15(24)12(8-22)16-23-13-7-10(17(19,20)21)4-5-14(13)25-16/h1-7,24H. The van der Waals surface area contributed by atoms with Crippen LogP contribution < -0.4 is 0 Å². The molecule has 3 rings (SSSR count). The molecule has 0 unspecified atom stereocenters. The molecule has 0 atom stereocenters. The Morgan fingerprint density at radius 3 is 2.56 bits per heavy atom. The maximum Gasteiger partial charge on any atom is 0.416 e. The molecular formula is C17H8F4N2OS. The van der Waals surface area contributed by atoms with Gasteiger partial charge in [0.2, 0.25) is 0 Å². The van der Waals surface area contributed by atoms with Gasteiger partial charge >= 0.3 is 6.18 Å². The van der Waals surface area contributed by atoms with Crippen LogP contribution in [0, 0.1) is 17.1 Å². The molecule has 3 nitrogen and oxygen atoms in total. The molecule has 0 spiro atoms. The number of aliphatic hydroxyl groups is 1. The minimum atomic E-state index is -4.50. The molecule has 2 aromatic carbocycles. The molecule has 0 amide bonds. The molecule has 0 aliphatic rings. The lowest BCUT2D eigenvalue weighted by Crippen LogP contribution is -2.03. The van der Waals surface area contributed by atoms with Crippen molar-refractivity contribution >= 4 is 32.9 Å². The van der Waals surface area contributed by atoms with E-state index in [4.69, 9.17) is 0 Å². The molecule has 0 aliphatic carbocycles. The summed E-state index contributed by atoms with van der Waals surface area (Å²) >= 11 is 0.964. The molecule has 25 heavy (non-hydrogen) atoms. The Labute approximate surface area is 143 Å². The number of thiazole rings is 1. The normalized spacial score (nSPS) is 12.8. The fourth-order valence-corrected chi connectivity index (χ4v) is 3.13. The molecule has 1 heterocycles. The third-order valence-corrected chi connectivity index (χ3v) is 4.43. The Morgan fingerprint density at radius 1 is 1.16 bits per heavy atom. The summed E-state index contributed by atoms with van der Waals surface area (Å²) in [5.41, 5.74) is -0.949. The summed E-state index contributed by atoms with van der Waals surface area (Å²) in [6.07, 6.45) is -4.50. The van der Waals surface area contributed by atoms with Gasteiger partial charge in [-0.05, 0) is 30.3 Å². The van der Waals surface area contributed by atoms with Gasteiger partial charge in [0.15, 0.2) is 0 Å². The first kappa shape index (κ1) is 16.9. The number of hydrogen-bond acceptors (Lipinski definition) is 4. The second kappa shape index (κ2) is 6.18. The Hall–Kier alpha value is -2.92. The van der Waals surface area contributed by atoms with E-state index in [9.17, 15) is 27.9 Å². The van der Waals surface area contributed by atoms with Crippen LogP contribution in [0.1, 0.15) is 16.1 Å². The van der Waals surface area contributed by atoms with Crippen LogP contribution in [0.2, 0.25) is 0 Å². The van der Waals surface area contributed by atoms with Gasteiger partial charge in [0.25, 0.3) is 0 Å². The number of benzene rings is 2. The van der Waals surface area contributed by atoms with Crippen LogP contribution in [-0.4, -0.2) is 10.1 Å². The first-order chi connectivity index (χ1) is 11.8. The molecule has 3 aromatic rings. The number of fused-ring (bicyclic) bond motifs is 1. The largest absolute Gasteiger partial charge is 0.506 e. The maximum absolute atomic E-state index is 13.3. The highest BCUT2D eigenvalue weighted by Crippen LogP contribution is 2.35. The second-order valence-corrected chi connectivity index (χ2v) is 6.08. The molecule has 0 saturated heterocycles. The molecule has 0 radical (unpaired) electrons. The van der Waals surface area contributed by atoms with Crippen LogP contribution in [-0.2, 0) is 6.18 Å². The summed E-state index contributed by atoms with van der Waals surface area (Å²) in [5, 5.41) is 19.6. The number of aliphatic hydroxyl groups excluding tert-OH is 1. The SMILES string of the molecule is N#CC(=C(O)c1cccc(F)c1)c1nc2cc(C(F)(F)F)ccc2s1. The monoisotopic (exact) mass is 364 g/mol. The van der Waals surface area contributed by atoms with E-state index in [-0.39, 0.29) is 21.7 Å². The van der Waals surface area contributed by atoms with Crippen LogP contribution in [0.4, 0.5) is 17.6 Å². The third-order valence-electron chi connectivity index (χ3n) is 3.38. The zero-order chi connectivity index (χ0) is 18.2. The average molecular weight is 364 g/mol. The number of hydrogen-bond donors (Lipinski definition) is 1. The summed E-state index contributed by atoms with van der Waals surface area (Å²) in [7, 11) is 0. The van der Waals surface area contributed by atoms with Crippen molar-refractivity contribution in [3.63, 3.8) is 0 Å². The van der Waals surface area contributed by atoms with E-state index < -0.39 is 23.3 Å². The number of nitrogens with zero attached hydrogens (tertiary/aromatic N) is 2. The lowest BCUT2D eigenvalue weighted by molar-refractivity contribution is -0.137. The van der Waals surface area contributed by atoms with Gasteiger partial charge in [0.05, 0.1) is 15.8 Å². The van der Waals surface area contributed by atoms with Gasteiger partial charge in [0.1, 0.15) is 28.2 Å². The Bertz CT molecular complexity index is 1030. The van der Waals surface area contributed by atoms with E-state index in [1.54, 1.807) is 6.07 Å².